The minimum absolute atomic E-state index is 0.157. The summed E-state index contributed by atoms with van der Waals surface area (Å²) in [5, 5.41) is 0.907. The van der Waals surface area contributed by atoms with E-state index in [9.17, 15) is 4.79 Å². The van der Waals surface area contributed by atoms with E-state index < -0.39 is 5.76 Å². The summed E-state index contributed by atoms with van der Waals surface area (Å²) in [6, 6.07) is 7.47. The molecule has 15 heavy (non-hydrogen) atoms. The van der Waals surface area contributed by atoms with E-state index in [-0.39, 0.29) is 5.41 Å². The van der Waals surface area contributed by atoms with E-state index in [4.69, 9.17) is 4.42 Å². The summed E-state index contributed by atoms with van der Waals surface area (Å²) < 4.78 is 5.03. The van der Waals surface area contributed by atoms with Crippen molar-refractivity contribution in [2.45, 2.75) is 26.2 Å². The summed E-state index contributed by atoms with van der Waals surface area (Å²) in [5.74, 6) is -0.529. The molecule has 0 aliphatic rings. The number of hydrogen-bond acceptors (Lipinski definition) is 3. The molecule has 0 amide bonds. The monoisotopic (exact) mass is 203 g/mol. The van der Waals surface area contributed by atoms with E-state index in [1.807, 2.05) is 39.0 Å². The minimum atomic E-state index is -0.529. The van der Waals surface area contributed by atoms with Crippen LogP contribution in [-0.2, 0) is 5.41 Å². The first-order valence-corrected chi connectivity index (χ1v) is 4.89. The summed E-state index contributed by atoms with van der Waals surface area (Å²) in [6.45, 7) is 6.09. The SMILES string of the molecule is CC(C)(C)c1nc(=O)oc2ccccc12. The van der Waals surface area contributed by atoms with Crippen molar-refractivity contribution in [2.24, 2.45) is 0 Å². The molecule has 0 saturated carbocycles. The van der Waals surface area contributed by atoms with Crippen molar-refractivity contribution in [3.8, 4) is 0 Å². The van der Waals surface area contributed by atoms with Crippen LogP contribution in [0.5, 0.6) is 0 Å². The average molecular weight is 203 g/mol. The summed E-state index contributed by atoms with van der Waals surface area (Å²) in [7, 11) is 0. The van der Waals surface area contributed by atoms with Gasteiger partial charge in [-0.1, -0.05) is 32.9 Å². The number of benzene rings is 1. The Bertz CT molecular complexity index is 549. The second-order valence-electron chi connectivity index (χ2n) is 4.57. The van der Waals surface area contributed by atoms with Gasteiger partial charge < -0.3 is 4.42 Å². The molecule has 1 aromatic carbocycles. The van der Waals surface area contributed by atoms with Crippen molar-refractivity contribution in [2.75, 3.05) is 0 Å². The highest BCUT2D eigenvalue weighted by molar-refractivity contribution is 5.79. The van der Waals surface area contributed by atoms with Gasteiger partial charge in [-0.3, -0.25) is 0 Å². The Kier molecular flexibility index (Phi) is 2.11. The van der Waals surface area contributed by atoms with Crippen LogP contribution < -0.4 is 5.76 Å². The number of aromatic nitrogens is 1. The molecule has 0 fully saturated rings. The fraction of sp³-hybridized carbons (Fsp3) is 0.333. The van der Waals surface area contributed by atoms with Crippen LogP contribution in [0.25, 0.3) is 11.0 Å². The Labute approximate surface area is 87.8 Å². The van der Waals surface area contributed by atoms with E-state index in [0.717, 1.165) is 11.1 Å². The quantitative estimate of drug-likeness (QED) is 0.660. The van der Waals surface area contributed by atoms with Crippen LogP contribution in [0.3, 0.4) is 0 Å². The lowest BCUT2D eigenvalue weighted by Crippen LogP contribution is -2.19. The van der Waals surface area contributed by atoms with E-state index in [1.54, 1.807) is 6.07 Å². The maximum atomic E-state index is 11.3. The molecule has 0 unspecified atom stereocenters. The van der Waals surface area contributed by atoms with Gasteiger partial charge in [-0.25, -0.2) is 4.79 Å². The molecule has 2 aromatic rings. The highest BCUT2D eigenvalue weighted by Gasteiger charge is 2.20. The number of hydrogen-bond donors (Lipinski definition) is 0. The van der Waals surface area contributed by atoms with Crippen molar-refractivity contribution < 1.29 is 4.42 Å². The predicted octanol–water partition coefficient (Wildman–Crippen LogP) is 2.49. The molecule has 1 aromatic heterocycles. The zero-order valence-electron chi connectivity index (χ0n) is 9.07. The Hall–Kier alpha value is -1.64. The number of para-hydroxylation sites is 1. The average Bonchev–Trinajstić information content (AvgIpc) is 2.15. The van der Waals surface area contributed by atoms with Crippen molar-refractivity contribution in [1.82, 2.24) is 4.98 Å². The van der Waals surface area contributed by atoms with Gasteiger partial charge in [0.1, 0.15) is 5.58 Å². The van der Waals surface area contributed by atoms with E-state index in [2.05, 4.69) is 4.98 Å². The van der Waals surface area contributed by atoms with E-state index >= 15 is 0 Å². The summed E-state index contributed by atoms with van der Waals surface area (Å²) in [6.07, 6.45) is 0. The van der Waals surface area contributed by atoms with Crippen LogP contribution in [0.1, 0.15) is 26.5 Å². The Morgan fingerprint density at radius 2 is 1.87 bits per heavy atom. The molecule has 1 heterocycles. The fourth-order valence-electron chi connectivity index (χ4n) is 1.59. The first kappa shape index (κ1) is 9.90. The predicted molar refractivity (Wildman–Crippen MR) is 59.0 cm³/mol. The van der Waals surface area contributed by atoms with Gasteiger partial charge in [0.15, 0.2) is 0 Å². The van der Waals surface area contributed by atoms with Gasteiger partial charge >= 0.3 is 5.76 Å². The third-order valence-electron chi connectivity index (χ3n) is 2.25. The molecule has 0 radical (unpaired) electrons. The van der Waals surface area contributed by atoms with Crippen LogP contribution in [0.2, 0.25) is 0 Å². The molecule has 0 saturated heterocycles. The minimum Gasteiger partial charge on any atom is -0.408 e. The van der Waals surface area contributed by atoms with Crippen molar-refractivity contribution in [3.05, 3.63) is 40.5 Å². The van der Waals surface area contributed by atoms with Crippen LogP contribution in [-0.4, -0.2) is 4.98 Å². The molecule has 78 valence electrons. The fourth-order valence-corrected chi connectivity index (χ4v) is 1.59. The lowest BCUT2D eigenvalue weighted by atomic mass is 9.89. The molecule has 0 atom stereocenters. The van der Waals surface area contributed by atoms with Gasteiger partial charge in [0, 0.05) is 10.8 Å². The van der Waals surface area contributed by atoms with Gasteiger partial charge in [-0.15, -0.1) is 0 Å². The summed E-state index contributed by atoms with van der Waals surface area (Å²) >= 11 is 0. The van der Waals surface area contributed by atoms with Crippen LogP contribution >= 0.6 is 0 Å². The molecule has 2 rings (SSSR count). The van der Waals surface area contributed by atoms with Gasteiger partial charge in [0.25, 0.3) is 0 Å². The second kappa shape index (κ2) is 3.19. The lowest BCUT2D eigenvalue weighted by molar-refractivity contribution is 0.498. The second-order valence-corrected chi connectivity index (χ2v) is 4.57. The van der Waals surface area contributed by atoms with Crippen LogP contribution in [0, 0.1) is 0 Å². The largest absolute Gasteiger partial charge is 0.439 e. The maximum Gasteiger partial charge on any atom is 0.439 e. The van der Waals surface area contributed by atoms with Crippen molar-refractivity contribution in [3.63, 3.8) is 0 Å². The molecule has 0 bridgehead atoms. The van der Waals surface area contributed by atoms with Crippen molar-refractivity contribution >= 4 is 11.0 Å². The van der Waals surface area contributed by atoms with Crippen LogP contribution in [0.4, 0.5) is 0 Å². The van der Waals surface area contributed by atoms with Gasteiger partial charge in [0.05, 0.1) is 5.69 Å². The standard InChI is InChI=1S/C12H13NO2/c1-12(2,3)10-8-6-4-5-7-9(8)15-11(14)13-10/h4-7H,1-3H3. The summed E-state index contributed by atoms with van der Waals surface area (Å²) in [5.41, 5.74) is 1.23. The van der Waals surface area contributed by atoms with Gasteiger partial charge in [-0.2, -0.15) is 4.98 Å². The molecule has 3 nitrogen and oxygen atoms in total. The zero-order valence-corrected chi connectivity index (χ0v) is 9.07. The third-order valence-corrected chi connectivity index (χ3v) is 2.25. The van der Waals surface area contributed by atoms with Crippen molar-refractivity contribution in [1.29, 1.82) is 0 Å². The lowest BCUT2D eigenvalue weighted by Gasteiger charge is -2.18. The van der Waals surface area contributed by atoms with Gasteiger partial charge in [-0.05, 0) is 12.1 Å². The molecule has 3 heteroatoms. The first-order valence-electron chi connectivity index (χ1n) is 4.89. The molecule has 0 aliphatic carbocycles. The summed E-state index contributed by atoms with van der Waals surface area (Å²) in [4.78, 5) is 15.2. The molecule has 0 aliphatic heterocycles. The zero-order chi connectivity index (χ0) is 11.1. The molecule has 0 N–H and O–H groups in total. The maximum absolute atomic E-state index is 11.3. The Balaban J connectivity index is 2.89. The topological polar surface area (TPSA) is 43.1 Å². The number of rotatable bonds is 0. The number of nitrogens with zero attached hydrogens (tertiary/aromatic N) is 1. The molecular weight excluding hydrogens is 190 g/mol. The van der Waals surface area contributed by atoms with Crippen LogP contribution in [0.15, 0.2) is 33.5 Å². The van der Waals surface area contributed by atoms with Gasteiger partial charge in [0.2, 0.25) is 0 Å². The molecule has 0 spiro atoms. The smallest absolute Gasteiger partial charge is 0.408 e. The normalized spacial score (nSPS) is 11.9. The highest BCUT2D eigenvalue weighted by Crippen LogP contribution is 2.26. The Morgan fingerprint density at radius 1 is 1.20 bits per heavy atom. The van der Waals surface area contributed by atoms with E-state index in [1.165, 1.54) is 0 Å². The highest BCUT2D eigenvalue weighted by atomic mass is 16.4. The first-order chi connectivity index (χ1) is 6.98. The third kappa shape index (κ3) is 1.77. The Morgan fingerprint density at radius 3 is 2.53 bits per heavy atom. The number of fused-ring (bicyclic) bond motifs is 1. The molecular formula is C12H13NO2. The van der Waals surface area contributed by atoms with E-state index in [0.29, 0.717) is 5.58 Å².